The lowest BCUT2D eigenvalue weighted by molar-refractivity contribution is -0.274. The first kappa shape index (κ1) is 16.1. The van der Waals surface area contributed by atoms with Crippen LogP contribution in [0.2, 0.25) is 0 Å². The number of alkyl halides is 3. The molecule has 1 atom stereocenters. The van der Waals surface area contributed by atoms with Gasteiger partial charge in [-0.2, -0.15) is 0 Å². The third-order valence-electron chi connectivity index (χ3n) is 2.15. The van der Waals surface area contributed by atoms with E-state index in [1.54, 1.807) is 0 Å². The fourth-order valence-electron chi connectivity index (χ4n) is 1.38. The normalized spacial score (nSPS) is 13.2. The fourth-order valence-corrected chi connectivity index (χ4v) is 1.82. The molecule has 0 saturated heterocycles. The molecule has 0 amide bonds. The third-order valence-corrected chi connectivity index (χ3v) is 2.77. The van der Waals surface area contributed by atoms with E-state index in [0.717, 1.165) is 6.54 Å². The molecule has 1 unspecified atom stereocenters. The largest absolute Gasteiger partial charge is 0.573 e. The summed E-state index contributed by atoms with van der Waals surface area (Å²) in [5.41, 5.74) is 0. The van der Waals surface area contributed by atoms with E-state index < -0.39 is 6.36 Å². The van der Waals surface area contributed by atoms with Gasteiger partial charge < -0.3 is 14.8 Å². The minimum absolute atomic E-state index is 0.0822. The summed E-state index contributed by atoms with van der Waals surface area (Å²) in [5.74, 6) is 0.186. The molecule has 0 aliphatic carbocycles. The summed E-state index contributed by atoms with van der Waals surface area (Å²) >= 11 is 3.02. The van der Waals surface area contributed by atoms with Crippen molar-refractivity contribution in [2.24, 2.45) is 0 Å². The zero-order chi connectivity index (χ0) is 14.5. The van der Waals surface area contributed by atoms with Gasteiger partial charge in [-0.15, -0.1) is 13.2 Å². The molecule has 0 radical (unpaired) electrons. The molecule has 0 spiro atoms. The van der Waals surface area contributed by atoms with E-state index in [4.69, 9.17) is 4.74 Å². The average Bonchev–Trinajstić information content (AvgIpc) is 2.28. The molecule has 1 rings (SSSR count). The summed E-state index contributed by atoms with van der Waals surface area (Å²) in [6.45, 7) is 5.34. The average molecular weight is 342 g/mol. The Morgan fingerprint density at radius 3 is 2.58 bits per heavy atom. The molecule has 0 aliphatic heterocycles. The minimum atomic E-state index is -4.71. The lowest BCUT2D eigenvalue weighted by Gasteiger charge is -2.16. The number of ether oxygens (including phenoxy) is 2. The van der Waals surface area contributed by atoms with Crippen LogP contribution in [-0.4, -0.2) is 25.6 Å². The van der Waals surface area contributed by atoms with Crippen LogP contribution in [0.3, 0.4) is 0 Å². The zero-order valence-electron chi connectivity index (χ0n) is 10.6. The number of halogens is 4. The highest BCUT2D eigenvalue weighted by Crippen LogP contribution is 2.33. The Labute approximate surface area is 118 Å². The second-order valence-electron chi connectivity index (χ2n) is 3.88. The van der Waals surface area contributed by atoms with Crippen LogP contribution in [0.5, 0.6) is 11.5 Å². The highest BCUT2D eigenvalue weighted by atomic mass is 79.9. The first-order valence-corrected chi connectivity index (χ1v) is 6.53. The highest BCUT2D eigenvalue weighted by molar-refractivity contribution is 9.10. The van der Waals surface area contributed by atoms with Gasteiger partial charge in [0.15, 0.2) is 0 Å². The number of benzene rings is 1. The second kappa shape index (κ2) is 7.00. The van der Waals surface area contributed by atoms with Gasteiger partial charge in [0, 0.05) is 6.54 Å². The van der Waals surface area contributed by atoms with Crippen molar-refractivity contribution in [1.82, 2.24) is 5.32 Å². The van der Waals surface area contributed by atoms with Crippen LogP contribution >= 0.6 is 15.9 Å². The molecule has 108 valence electrons. The number of hydrogen-bond acceptors (Lipinski definition) is 3. The molecular weight excluding hydrogens is 327 g/mol. The molecular formula is C12H15BrF3NO2. The van der Waals surface area contributed by atoms with E-state index in [1.165, 1.54) is 18.2 Å². The van der Waals surface area contributed by atoms with Crippen molar-refractivity contribution in [3.8, 4) is 11.5 Å². The maximum atomic E-state index is 12.1. The van der Waals surface area contributed by atoms with Crippen LogP contribution in [-0.2, 0) is 0 Å². The van der Waals surface area contributed by atoms with E-state index in [2.05, 4.69) is 26.0 Å². The monoisotopic (exact) mass is 341 g/mol. The molecule has 1 N–H and O–H groups in total. The topological polar surface area (TPSA) is 30.5 Å². The van der Waals surface area contributed by atoms with E-state index in [1.807, 2.05) is 13.8 Å². The van der Waals surface area contributed by atoms with E-state index in [0.29, 0.717) is 12.3 Å². The minimum Gasteiger partial charge on any atom is -0.489 e. The van der Waals surface area contributed by atoms with Gasteiger partial charge in [-0.25, -0.2) is 0 Å². The van der Waals surface area contributed by atoms with Crippen LogP contribution in [0, 0.1) is 0 Å². The quantitative estimate of drug-likeness (QED) is 0.855. The van der Waals surface area contributed by atoms with Gasteiger partial charge >= 0.3 is 6.36 Å². The predicted octanol–water partition coefficient (Wildman–Crippen LogP) is 3.72. The Bertz CT molecular complexity index is 412. The zero-order valence-corrected chi connectivity index (χ0v) is 12.1. The van der Waals surface area contributed by atoms with Gasteiger partial charge in [0.05, 0.1) is 4.47 Å². The van der Waals surface area contributed by atoms with Crippen LogP contribution in [0.15, 0.2) is 22.7 Å². The molecule has 19 heavy (non-hydrogen) atoms. The first-order valence-electron chi connectivity index (χ1n) is 5.74. The van der Waals surface area contributed by atoms with Crippen LogP contribution in [0.4, 0.5) is 13.2 Å². The van der Waals surface area contributed by atoms with Gasteiger partial charge in [0.2, 0.25) is 0 Å². The molecule has 0 heterocycles. The fraction of sp³-hybridized carbons (Fsp3) is 0.500. The predicted molar refractivity (Wildman–Crippen MR) is 69.5 cm³/mol. The van der Waals surface area contributed by atoms with Crippen molar-refractivity contribution in [1.29, 1.82) is 0 Å². The van der Waals surface area contributed by atoms with Gasteiger partial charge in [-0.1, -0.05) is 6.92 Å². The molecule has 1 aromatic carbocycles. The Balaban J connectivity index is 2.66. The molecule has 0 bridgehead atoms. The number of likely N-dealkylation sites (N-methyl/N-ethyl adjacent to an activating group) is 1. The van der Waals surface area contributed by atoms with E-state index in [9.17, 15) is 13.2 Å². The Morgan fingerprint density at radius 2 is 2.05 bits per heavy atom. The molecule has 0 aliphatic rings. The van der Waals surface area contributed by atoms with Crippen LogP contribution in [0.1, 0.15) is 13.8 Å². The molecule has 3 nitrogen and oxygen atoms in total. The summed E-state index contributed by atoms with van der Waals surface area (Å²) in [6, 6.07) is 4.10. The van der Waals surface area contributed by atoms with E-state index >= 15 is 0 Å². The maximum Gasteiger partial charge on any atom is 0.573 e. The molecule has 1 aromatic rings. The first-order chi connectivity index (χ1) is 8.81. The number of rotatable bonds is 6. The lowest BCUT2D eigenvalue weighted by atomic mass is 10.3. The van der Waals surface area contributed by atoms with Crippen LogP contribution < -0.4 is 14.8 Å². The Morgan fingerprint density at radius 1 is 1.37 bits per heavy atom. The van der Waals surface area contributed by atoms with Crippen molar-refractivity contribution in [3.05, 3.63) is 22.7 Å². The SMILES string of the molecule is CCNCC(C)Oc1ccc(OC(F)(F)F)c(Br)c1. The standard InChI is InChI=1S/C12H15BrF3NO2/c1-3-17-7-8(2)18-9-4-5-11(10(13)6-9)19-12(14,15)16/h4-6,8,17H,3,7H2,1-2H3. The van der Waals surface area contributed by atoms with Gasteiger partial charge in [-0.05, 0) is 47.6 Å². The summed E-state index contributed by atoms with van der Waals surface area (Å²) in [7, 11) is 0. The summed E-state index contributed by atoms with van der Waals surface area (Å²) in [4.78, 5) is 0. The van der Waals surface area contributed by atoms with Gasteiger partial charge in [0.1, 0.15) is 17.6 Å². The Hall–Kier alpha value is -0.950. The number of nitrogens with one attached hydrogen (secondary N) is 1. The van der Waals surface area contributed by atoms with Gasteiger partial charge in [0.25, 0.3) is 0 Å². The highest BCUT2D eigenvalue weighted by Gasteiger charge is 2.32. The van der Waals surface area contributed by atoms with Gasteiger partial charge in [-0.3, -0.25) is 0 Å². The second-order valence-corrected chi connectivity index (χ2v) is 4.73. The van der Waals surface area contributed by atoms with Crippen molar-refractivity contribution < 1.29 is 22.6 Å². The molecule has 0 aromatic heterocycles. The van der Waals surface area contributed by atoms with Crippen LogP contribution in [0.25, 0.3) is 0 Å². The lowest BCUT2D eigenvalue weighted by Crippen LogP contribution is -2.28. The summed E-state index contributed by atoms with van der Waals surface area (Å²) in [5, 5.41) is 3.12. The summed E-state index contributed by atoms with van der Waals surface area (Å²) in [6.07, 6.45) is -4.79. The van der Waals surface area contributed by atoms with Crippen molar-refractivity contribution in [3.63, 3.8) is 0 Å². The van der Waals surface area contributed by atoms with Crippen molar-refractivity contribution >= 4 is 15.9 Å². The smallest absolute Gasteiger partial charge is 0.489 e. The van der Waals surface area contributed by atoms with E-state index in [-0.39, 0.29) is 16.3 Å². The maximum absolute atomic E-state index is 12.1. The Kier molecular flexibility index (Phi) is 5.93. The third kappa shape index (κ3) is 6.15. The molecule has 7 heteroatoms. The van der Waals surface area contributed by atoms with Crippen molar-refractivity contribution in [2.45, 2.75) is 26.3 Å². The molecule has 0 fully saturated rings. The summed E-state index contributed by atoms with van der Waals surface area (Å²) < 4.78 is 45.9. The number of hydrogen-bond donors (Lipinski definition) is 1. The van der Waals surface area contributed by atoms with Crippen molar-refractivity contribution in [2.75, 3.05) is 13.1 Å². The molecule has 0 saturated carbocycles.